The minimum atomic E-state index is -0.550. The topological polar surface area (TPSA) is 78.1 Å². The van der Waals surface area contributed by atoms with E-state index in [1.807, 2.05) is 0 Å². The smallest absolute Gasteiger partial charge is 0.252 e. The van der Waals surface area contributed by atoms with Gasteiger partial charge in [-0.15, -0.1) is 0 Å². The molecule has 86 valence electrons. The summed E-state index contributed by atoms with van der Waals surface area (Å²) in [6.45, 7) is 0. The Balaban J connectivity index is 2.37. The molecule has 1 amide bonds. The first-order valence-electron chi connectivity index (χ1n) is 4.70. The van der Waals surface area contributed by atoms with E-state index in [9.17, 15) is 4.79 Å². The van der Waals surface area contributed by atoms with E-state index in [0.717, 1.165) is 0 Å². The summed E-state index contributed by atoms with van der Waals surface area (Å²) >= 11 is 3.25. The number of rotatable bonds is 3. The molecule has 5 nitrogen and oxygen atoms in total. The number of hydrogen-bond donors (Lipinski definition) is 1. The highest BCUT2D eigenvalue weighted by Crippen LogP contribution is 2.28. The first-order chi connectivity index (χ1) is 8.18. The van der Waals surface area contributed by atoms with Crippen molar-refractivity contribution >= 4 is 21.8 Å². The zero-order valence-electron chi connectivity index (χ0n) is 8.63. The highest BCUT2D eigenvalue weighted by atomic mass is 79.9. The Hall–Kier alpha value is -1.95. The molecule has 6 heteroatoms. The Labute approximate surface area is 106 Å². The Morgan fingerprint density at radius 2 is 2.12 bits per heavy atom. The van der Waals surface area contributed by atoms with E-state index in [1.54, 1.807) is 30.5 Å². The van der Waals surface area contributed by atoms with Crippen LogP contribution in [0, 0.1) is 0 Å². The molecule has 0 aliphatic heterocycles. The molecular weight excluding hydrogens is 286 g/mol. The number of amides is 1. The van der Waals surface area contributed by atoms with E-state index in [4.69, 9.17) is 10.5 Å². The molecule has 1 aromatic carbocycles. The predicted octanol–water partition coefficient (Wildman–Crippen LogP) is 2.13. The van der Waals surface area contributed by atoms with Crippen LogP contribution >= 0.6 is 15.9 Å². The standard InChI is InChI=1S/C11H8BrN3O2/c12-8-5-14-6-15-11(8)17-9-4-2-1-3-7(9)10(13)16/h1-6H,(H2,13,16). The average molecular weight is 294 g/mol. The third-order valence-corrected chi connectivity index (χ3v) is 2.54. The molecule has 0 spiro atoms. The largest absolute Gasteiger partial charge is 0.437 e. The van der Waals surface area contributed by atoms with Gasteiger partial charge in [-0.2, -0.15) is 0 Å². The van der Waals surface area contributed by atoms with Gasteiger partial charge in [0.1, 0.15) is 12.1 Å². The van der Waals surface area contributed by atoms with Gasteiger partial charge in [0.15, 0.2) is 0 Å². The molecule has 0 saturated heterocycles. The SMILES string of the molecule is NC(=O)c1ccccc1Oc1ncncc1Br. The highest BCUT2D eigenvalue weighted by Gasteiger charge is 2.11. The van der Waals surface area contributed by atoms with E-state index in [1.165, 1.54) is 6.33 Å². The van der Waals surface area contributed by atoms with E-state index in [2.05, 4.69) is 25.9 Å². The van der Waals surface area contributed by atoms with Crippen molar-refractivity contribution in [1.29, 1.82) is 0 Å². The Morgan fingerprint density at radius 3 is 2.82 bits per heavy atom. The molecule has 0 aliphatic carbocycles. The molecule has 1 heterocycles. The van der Waals surface area contributed by atoms with Gasteiger partial charge in [-0.1, -0.05) is 12.1 Å². The summed E-state index contributed by atoms with van der Waals surface area (Å²) in [6, 6.07) is 6.69. The summed E-state index contributed by atoms with van der Waals surface area (Å²) in [5.74, 6) is 0.138. The van der Waals surface area contributed by atoms with E-state index >= 15 is 0 Å². The molecular formula is C11H8BrN3O2. The molecule has 2 rings (SSSR count). The van der Waals surface area contributed by atoms with Crippen LogP contribution in [0.3, 0.4) is 0 Å². The quantitative estimate of drug-likeness (QED) is 0.940. The first-order valence-corrected chi connectivity index (χ1v) is 5.50. The van der Waals surface area contributed by atoms with Crippen molar-refractivity contribution in [2.45, 2.75) is 0 Å². The number of primary amides is 1. The lowest BCUT2D eigenvalue weighted by molar-refractivity contribution is 0.0998. The maximum Gasteiger partial charge on any atom is 0.252 e. The Bertz CT molecular complexity index is 560. The van der Waals surface area contributed by atoms with Gasteiger partial charge in [-0.05, 0) is 28.1 Å². The van der Waals surface area contributed by atoms with Gasteiger partial charge in [0.2, 0.25) is 5.88 Å². The summed E-state index contributed by atoms with van der Waals surface area (Å²) in [7, 11) is 0. The number of para-hydroxylation sites is 1. The lowest BCUT2D eigenvalue weighted by Crippen LogP contribution is -2.12. The van der Waals surface area contributed by atoms with Crippen molar-refractivity contribution in [3.05, 3.63) is 46.8 Å². The predicted molar refractivity (Wildman–Crippen MR) is 64.8 cm³/mol. The molecule has 0 atom stereocenters. The summed E-state index contributed by atoms with van der Waals surface area (Å²) < 4.78 is 6.10. The van der Waals surface area contributed by atoms with Crippen LogP contribution in [0.4, 0.5) is 0 Å². The number of benzene rings is 1. The molecule has 17 heavy (non-hydrogen) atoms. The van der Waals surface area contributed by atoms with Gasteiger partial charge in [-0.25, -0.2) is 9.97 Å². The van der Waals surface area contributed by atoms with Crippen LogP contribution in [0.2, 0.25) is 0 Å². The molecule has 2 aromatic rings. The van der Waals surface area contributed by atoms with Crippen LogP contribution in [0.15, 0.2) is 41.3 Å². The maximum absolute atomic E-state index is 11.2. The molecule has 0 saturated carbocycles. The second kappa shape index (κ2) is 4.92. The van der Waals surface area contributed by atoms with Crippen LogP contribution in [-0.2, 0) is 0 Å². The Morgan fingerprint density at radius 1 is 1.35 bits per heavy atom. The summed E-state index contributed by atoms with van der Waals surface area (Å²) in [5.41, 5.74) is 5.55. The molecule has 0 unspecified atom stereocenters. The molecule has 0 radical (unpaired) electrons. The van der Waals surface area contributed by atoms with Crippen LogP contribution < -0.4 is 10.5 Å². The molecule has 2 N–H and O–H groups in total. The highest BCUT2D eigenvalue weighted by molar-refractivity contribution is 9.10. The van der Waals surface area contributed by atoms with Gasteiger partial charge in [0, 0.05) is 6.20 Å². The second-order valence-electron chi connectivity index (χ2n) is 3.14. The number of hydrogen-bond acceptors (Lipinski definition) is 4. The summed E-state index contributed by atoms with van der Waals surface area (Å²) in [5, 5.41) is 0. The number of nitrogens with two attached hydrogens (primary N) is 1. The molecule has 1 aromatic heterocycles. The van der Waals surface area contributed by atoms with Crippen molar-refractivity contribution in [2.24, 2.45) is 5.73 Å². The fourth-order valence-corrected chi connectivity index (χ4v) is 1.54. The number of carbonyl (C=O) groups is 1. The van der Waals surface area contributed by atoms with Crippen LogP contribution in [0.25, 0.3) is 0 Å². The first kappa shape index (κ1) is 11.5. The van der Waals surface area contributed by atoms with E-state index in [-0.39, 0.29) is 0 Å². The molecule has 0 aliphatic rings. The van der Waals surface area contributed by atoms with Crippen molar-refractivity contribution in [1.82, 2.24) is 9.97 Å². The van der Waals surface area contributed by atoms with Gasteiger partial charge < -0.3 is 10.5 Å². The van der Waals surface area contributed by atoms with Gasteiger partial charge >= 0.3 is 0 Å². The van der Waals surface area contributed by atoms with E-state index in [0.29, 0.717) is 21.7 Å². The lowest BCUT2D eigenvalue weighted by atomic mass is 10.2. The zero-order chi connectivity index (χ0) is 12.3. The number of carbonyl (C=O) groups excluding carboxylic acids is 1. The Kier molecular flexibility index (Phi) is 3.34. The minimum absolute atomic E-state index is 0.304. The van der Waals surface area contributed by atoms with Crippen molar-refractivity contribution in [2.75, 3.05) is 0 Å². The van der Waals surface area contributed by atoms with Crippen molar-refractivity contribution in [3.8, 4) is 11.6 Å². The number of ether oxygens (including phenoxy) is 1. The van der Waals surface area contributed by atoms with Crippen molar-refractivity contribution in [3.63, 3.8) is 0 Å². The average Bonchev–Trinajstić information content (AvgIpc) is 2.32. The summed E-state index contributed by atoms with van der Waals surface area (Å²) in [4.78, 5) is 19.0. The van der Waals surface area contributed by atoms with Crippen LogP contribution in [0.1, 0.15) is 10.4 Å². The normalized spacial score (nSPS) is 9.94. The monoisotopic (exact) mass is 293 g/mol. The number of aromatic nitrogens is 2. The third kappa shape index (κ3) is 2.59. The summed E-state index contributed by atoms with van der Waals surface area (Å²) in [6.07, 6.45) is 2.90. The fraction of sp³-hybridized carbons (Fsp3) is 0. The van der Waals surface area contributed by atoms with Crippen LogP contribution in [-0.4, -0.2) is 15.9 Å². The lowest BCUT2D eigenvalue weighted by Gasteiger charge is -2.08. The molecule has 0 bridgehead atoms. The van der Waals surface area contributed by atoms with Gasteiger partial charge in [0.05, 0.1) is 10.0 Å². The fourth-order valence-electron chi connectivity index (χ4n) is 1.24. The zero-order valence-corrected chi connectivity index (χ0v) is 10.2. The van der Waals surface area contributed by atoms with Crippen LogP contribution in [0.5, 0.6) is 11.6 Å². The third-order valence-electron chi connectivity index (χ3n) is 1.99. The van der Waals surface area contributed by atoms with E-state index < -0.39 is 5.91 Å². The van der Waals surface area contributed by atoms with Gasteiger partial charge in [0.25, 0.3) is 5.91 Å². The number of halogens is 1. The van der Waals surface area contributed by atoms with Gasteiger partial charge in [-0.3, -0.25) is 4.79 Å². The maximum atomic E-state index is 11.2. The van der Waals surface area contributed by atoms with Crippen molar-refractivity contribution < 1.29 is 9.53 Å². The molecule has 0 fully saturated rings. The second-order valence-corrected chi connectivity index (χ2v) is 3.99. The number of nitrogens with zero attached hydrogens (tertiary/aromatic N) is 2. The minimum Gasteiger partial charge on any atom is -0.437 e.